The van der Waals surface area contributed by atoms with Gasteiger partial charge in [-0.2, -0.15) is 0 Å². The maximum atomic E-state index is 12.8. The predicted molar refractivity (Wildman–Crippen MR) is 120 cm³/mol. The molecule has 1 saturated carbocycles. The second kappa shape index (κ2) is 11.3. The molecular weight excluding hydrogens is 400 g/mol. The minimum absolute atomic E-state index is 0.101. The Morgan fingerprint density at radius 2 is 2.03 bits per heavy atom. The number of amides is 2. The maximum absolute atomic E-state index is 12.8. The van der Waals surface area contributed by atoms with E-state index in [9.17, 15) is 9.59 Å². The molecule has 1 aromatic rings. The average molecular weight is 435 g/mol. The van der Waals surface area contributed by atoms with E-state index in [1.165, 1.54) is 30.6 Å². The van der Waals surface area contributed by atoms with Gasteiger partial charge in [-0.15, -0.1) is 11.3 Å². The van der Waals surface area contributed by atoms with Gasteiger partial charge in [0.15, 0.2) is 5.96 Å². The number of thiazole rings is 1. The van der Waals surface area contributed by atoms with Gasteiger partial charge in [0, 0.05) is 38.1 Å². The molecule has 8 nitrogen and oxygen atoms in total. The van der Waals surface area contributed by atoms with E-state index in [1.807, 2.05) is 18.7 Å². The number of rotatable bonds is 7. The first-order valence-corrected chi connectivity index (χ1v) is 12.0. The van der Waals surface area contributed by atoms with Crippen molar-refractivity contribution in [2.45, 2.75) is 58.4 Å². The third kappa shape index (κ3) is 6.17. The van der Waals surface area contributed by atoms with Crippen LogP contribution in [0.5, 0.6) is 0 Å². The Morgan fingerprint density at radius 3 is 2.73 bits per heavy atom. The number of hydrogen-bond acceptors (Lipinski definition) is 5. The Labute approximate surface area is 182 Å². The van der Waals surface area contributed by atoms with Gasteiger partial charge in [0.25, 0.3) is 5.91 Å². The summed E-state index contributed by atoms with van der Waals surface area (Å²) in [7, 11) is 0. The lowest BCUT2D eigenvalue weighted by Gasteiger charge is -2.26. The molecule has 0 spiro atoms. The summed E-state index contributed by atoms with van der Waals surface area (Å²) in [4.78, 5) is 36.3. The van der Waals surface area contributed by atoms with Crippen LogP contribution in [0.25, 0.3) is 0 Å². The number of aryl methyl sites for hydroxylation is 1. The highest BCUT2D eigenvalue weighted by molar-refractivity contribution is 7.11. The molecule has 0 bridgehead atoms. The van der Waals surface area contributed by atoms with Crippen molar-refractivity contribution in [2.24, 2.45) is 10.9 Å². The normalized spacial score (nSPS) is 20.3. The standard InChI is InChI=1S/C21H34N6O2S/c1-3-22-21(24-11-10-23-19(28)18-15(2)25-14-30-18)26-17-9-12-27(13-17)20(29)16-7-5-4-6-8-16/h14,16-17H,3-13H2,1-2H3,(H,23,28)(H2,22,24,26). The highest BCUT2D eigenvalue weighted by Crippen LogP contribution is 2.26. The molecule has 166 valence electrons. The monoisotopic (exact) mass is 434 g/mol. The van der Waals surface area contributed by atoms with Crippen molar-refractivity contribution in [3.05, 3.63) is 16.1 Å². The summed E-state index contributed by atoms with van der Waals surface area (Å²) in [6.45, 7) is 7.12. The molecule has 2 fully saturated rings. The Bertz CT molecular complexity index is 744. The lowest BCUT2D eigenvalue weighted by atomic mass is 9.88. The van der Waals surface area contributed by atoms with Crippen LogP contribution in [0.2, 0.25) is 0 Å². The number of nitrogens with one attached hydrogen (secondary N) is 3. The summed E-state index contributed by atoms with van der Waals surface area (Å²) in [5.74, 6) is 1.20. The number of guanidine groups is 1. The maximum Gasteiger partial charge on any atom is 0.263 e. The second-order valence-corrected chi connectivity index (χ2v) is 8.89. The quantitative estimate of drug-likeness (QED) is 0.346. The lowest BCUT2D eigenvalue weighted by molar-refractivity contribution is -0.135. The molecule has 1 saturated heterocycles. The van der Waals surface area contributed by atoms with E-state index >= 15 is 0 Å². The SMILES string of the molecule is CCNC(=NCCNC(=O)c1scnc1C)NC1CCN(C(=O)C2CCCCC2)C1. The topological polar surface area (TPSA) is 98.7 Å². The smallest absolute Gasteiger partial charge is 0.263 e. The molecule has 1 aliphatic carbocycles. The van der Waals surface area contributed by atoms with E-state index in [4.69, 9.17) is 0 Å². The number of nitrogens with zero attached hydrogens (tertiary/aromatic N) is 3. The largest absolute Gasteiger partial charge is 0.357 e. The van der Waals surface area contributed by atoms with Crippen LogP contribution in [0, 0.1) is 12.8 Å². The van der Waals surface area contributed by atoms with Gasteiger partial charge in [0.05, 0.1) is 17.7 Å². The molecule has 3 rings (SSSR count). The van der Waals surface area contributed by atoms with Gasteiger partial charge in [-0.25, -0.2) is 4.98 Å². The Hall–Kier alpha value is -2.16. The van der Waals surface area contributed by atoms with E-state index in [0.717, 1.165) is 50.6 Å². The van der Waals surface area contributed by atoms with Gasteiger partial charge in [-0.1, -0.05) is 19.3 Å². The molecule has 3 N–H and O–H groups in total. The molecule has 1 aromatic heterocycles. The van der Waals surface area contributed by atoms with Gasteiger partial charge in [-0.3, -0.25) is 14.6 Å². The van der Waals surface area contributed by atoms with E-state index in [0.29, 0.717) is 23.9 Å². The van der Waals surface area contributed by atoms with E-state index < -0.39 is 0 Å². The molecule has 2 amide bonds. The first-order valence-electron chi connectivity index (χ1n) is 11.1. The van der Waals surface area contributed by atoms with Gasteiger partial charge in [0.2, 0.25) is 5.91 Å². The molecular formula is C21H34N6O2S. The van der Waals surface area contributed by atoms with Gasteiger partial charge >= 0.3 is 0 Å². The molecule has 30 heavy (non-hydrogen) atoms. The van der Waals surface area contributed by atoms with Gasteiger partial charge < -0.3 is 20.9 Å². The summed E-state index contributed by atoms with van der Waals surface area (Å²) < 4.78 is 0. The summed E-state index contributed by atoms with van der Waals surface area (Å²) in [6.07, 6.45) is 6.66. The Kier molecular flexibility index (Phi) is 8.48. The molecule has 0 aromatic carbocycles. The molecule has 9 heteroatoms. The molecule has 2 heterocycles. The highest BCUT2D eigenvalue weighted by atomic mass is 32.1. The van der Waals surface area contributed by atoms with Crippen LogP contribution in [0.1, 0.15) is 60.8 Å². The summed E-state index contributed by atoms with van der Waals surface area (Å²) in [5, 5.41) is 9.60. The predicted octanol–water partition coefficient (Wildman–Crippen LogP) is 1.92. The Balaban J connectivity index is 1.43. The summed E-state index contributed by atoms with van der Waals surface area (Å²) in [5.41, 5.74) is 2.43. The van der Waals surface area contributed by atoms with Crippen molar-refractivity contribution >= 4 is 29.1 Å². The van der Waals surface area contributed by atoms with Gasteiger partial charge in [-0.05, 0) is 33.1 Å². The van der Waals surface area contributed by atoms with E-state index in [2.05, 4.69) is 25.9 Å². The van der Waals surface area contributed by atoms with Crippen LogP contribution >= 0.6 is 11.3 Å². The van der Waals surface area contributed by atoms with Crippen molar-refractivity contribution in [3.63, 3.8) is 0 Å². The third-order valence-electron chi connectivity index (χ3n) is 5.76. The summed E-state index contributed by atoms with van der Waals surface area (Å²) in [6, 6.07) is 0.213. The van der Waals surface area contributed by atoms with Crippen LogP contribution in [-0.4, -0.2) is 66.4 Å². The minimum Gasteiger partial charge on any atom is -0.357 e. The van der Waals surface area contributed by atoms with Crippen molar-refractivity contribution < 1.29 is 9.59 Å². The first kappa shape index (κ1) is 22.5. The number of carbonyl (C=O) groups excluding carboxylic acids is 2. The van der Waals surface area contributed by atoms with Crippen molar-refractivity contribution in [3.8, 4) is 0 Å². The zero-order valence-corrected chi connectivity index (χ0v) is 18.9. The zero-order valence-electron chi connectivity index (χ0n) is 18.1. The molecule has 2 aliphatic rings. The van der Waals surface area contributed by atoms with Crippen molar-refractivity contribution in [1.82, 2.24) is 25.8 Å². The van der Waals surface area contributed by atoms with E-state index in [1.54, 1.807) is 5.51 Å². The molecule has 1 aliphatic heterocycles. The van der Waals surface area contributed by atoms with Crippen molar-refractivity contribution in [2.75, 3.05) is 32.7 Å². The zero-order chi connectivity index (χ0) is 21.3. The summed E-state index contributed by atoms with van der Waals surface area (Å²) >= 11 is 1.35. The van der Waals surface area contributed by atoms with Gasteiger partial charge in [0.1, 0.15) is 4.88 Å². The van der Waals surface area contributed by atoms with Crippen LogP contribution in [-0.2, 0) is 4.79 Å². The third-order valence-corrected chi connectivity index (χ3v) is 6.69. The lowest BCUT2D eigenvalue weighted by Crippen LogP contribution is -2.46. The fraction of sp³-hybridized carbons (Fsp3) is 0.714. The van der Waals surface area contributed by atoms with Crippen LogP contribution < -0.4 is 16.0 Å². The van der Waals surface area contributed by atoms with Crippen molar-refractivity contribution in [1.29, 1.82) is 0 Å². The first-order chi connectivity index (χ1) is 14.6. The molecule has 1 atom stereocenters. The van der Waals surface area contributed by atoms with Crippen LogP contribution in [0.3, 0.4) is 0 Å². The Morgan fingerprint density at radius 1 is 1.23 bits per heavy atom. The minimum atomic E-state index is -0.101. The molecule has 1 unspecified atom stereocenters. The fourth-order valence-electron chi connectivity index (χ4n) is 4.14. The number of aromatic nitrogens is 1. The number of carbonyl (C=O) groups is 2. The highest BCUT2D eigenvalue weighted by Gasteiger charge is 2.31. The number of likely N-dealkylation sites (tertiary alicyclic amines) is 1. The van der Waals surface area contributed by atoms with Crippen LogP contribution in [0.15, 0.2) is 10.5 Å². The fourth-order valence-corrected chi connectivity index (χ4v) is 4.86. The molecule has 0 radical (unpaired) electrons. The second-order valence-electron chi connectivity index (χ2n) is 8.03. The van der Waals surface area contributed by atoms with E-state index in [-0.39, 0.29) is 17.9 Å². The average Bonchev–Trinajstić information content (AvgIpc) is 3.40. The number of hydrogen-bond donors (Lipinski definition) is 3. The van der Waals surface area contributed by atoms with Crippen LogP contribution in [0.4, 0.5) is 0 Å². The number of aliphatic imine (C=N–C) groups is 1.